The van der Waals surface area contributed by atoms with E-state index in [1.807, 2.05) is 26.8 Å². The number of hydrogen-bond donors (Lipinski definition) is 3. The lowest BCUT2D eigenvalue weighted by Crippen LogP contribution is -2.50. The number of phenols is 1. The molecule has 2 atom stereocenters. The number of halogens is 1. The smallest absolute Gasteiger partial charge is 0.408 e. The van der Waals surface area contributed by atoms with E-state index in [0.29, 0.717) is 22.7 Å². The maximum Gasteiger partial charge on any atom is 0.408 e. The number of amides is 3. The SMILES string of the molecule is CCC(C)N(C(=O)CNC(=O)OC(C)(C)C)C(C(=O)Nc1c(C)cccc1Cl)c1ccc(O)cc1. The third-order valence-electron chi connectivity index (χ3n) is 5.34. The zero-order valence-electron chi connectivity index (χ0n) is 21.0. The molecule has 0 heterocycles. The first-order valence-corrected chi connectivity index (χ1v) is 11.8. The normalized spacial score (nSPS) is 12.9. The summed E-state index contributed by atoms with van der Waals surface area (Å²) in [7, 11) is 0. The summed E-state index contributed by atoms with van der Waals surface area (Å²) in [6, 6.07) is 9.95. The van der Waals surface area contributed by atoms with E-state index < -0.39 is 29.6 Å². The number of benzene rings is 2. The molecule has 0 aliphatic carbocycles. The van der Waals surface area contributed by atoms with E-state index in [1.165, 1.54) is 17.0 Å². The highest BCUT2D eigenvalue weighted by molar-refractivity contribution is 6.34. The van der Waals surface area contributed by atoms with Crippen LogP contribution in [0.5, 0.6) is 5.75 Å². The molecule has 0 saturated carbocycles. The number of nitrogens with one attached hydrogen (secondary N) is 2. The molecule has 190 valence electrons. The van der Waals surface area contributed by atoms with E-state index >= 15 is 0 Å². The van der Waals surface area contributed by atoms with Crippen LogP contribution in [-0.4, -0.2) is 46.1 Å². The van der Waals surface area contributed by atoms with Gasteiger partial charge in [0.2, 0.25) is 5.91 Å². The summed E-state index contributed by atoms with van der Waals surface area (Å²) < 4.78 is 5.22. The zero-order valence-corrected chi connectivity index (χ0v) is 21.8. The van der Waals surface area contributed by atoms with Crippen molar-refractivity contribution in [3.05, 3.63) is 58.6 Å². The molecule has 2 rings (SSSR count). The number of carbonyl (C=O) groups is 3. The van der Waals surface area contributed by atoms with Crippen LogP contribution in [-0.2, 0) is 14.3 Å². The third-order valence-corrected chi connectivity index (χ3v) is 5.66. The number of anilines is 1. The number of ether oxygens (including phenoxy) is 1. The number of alkyl carbamates (subject to hydrolysis) is 1. The van der Waals surface area contributed by atoms with E-state index in [2.05, 4.69) is 10.6 Å². The van der Waals surface area contributed by atoms with Crippen molar-refractivity contribution in [2.75, 3.05) is 11.9 Å². The van der Waals surface area contributed by atoms with Gasteiger partial charge < -0.3 is 25.4 Å². The second-order valence-electron chi connectivity index (χ2n) is 9.33. The van der Waals surface area contributed by atoms with Crippen molar-refractivity contribution in [1.29, 1.82) is 0 Å². The number of aromatic hydroxyl groups is 1. The van der Waals surface area contributed by atoms with Crippen molar-refractivity contribution in [1.82, 2.24) is 10.2 Å². The Bertz CT molecular complexity index is 1030. The molecule has 2 aromatic rings. The summed E-state index contributed by atoms with van der Waals surface area (Å²) in [5.41, 5.74) is 0.996. The molecular formula is C26H34ClN3O5. The van der Waals surface area contributed by atoms with Gasteiger partial charge in [-0.15, -0.1) is 0 Å². The topological polar surface area (TPSA) is 108 Å². The Labute approximate surface area is 211 Å². The number of phenolic OH excluding ortho intramolecular Hbond substituents is 1. The minimum absolute atomic E-state index is 0.0304. The summed E-state index contributed by atoms with van der Waals surface area (Å²) in [6.07, 6.45) is -0.169. The maximum atomic E-state index is 13.7. The van der Waals surface area contributed by atoms with Crippen LogP contribution in [0.3, 0.4) is 0 Å². The molecule has 3 amide bonds. The Morgan fingerprint density at radius 2 is 1.74 bits per heavy atom. The average molecular weight is 504 g/mol. The first-order valence-electron chi connectivity index (χ1n) is 11.5. The van der Waals surface area contributed by atoms with Crippen LogP contribution in [0.25, 0.3) is 0 Å². The van der Waals surface area contributed by atoms with Crippen molar-refractivity contribution >= 4 is 35.2 Å². The Balaban J connectivity index is 2.42. The summed E-state index contributed by atoms with van der Waals surface area (Å²) in [6.45, 7) is 10.4. The average Bonchev–Trinajstić information content (AvgIpc) is 2.77. The van der Waals surface area contributed by atoms with Crippen LogP contribution in [0.4, 0.5) is 10.5 Å². The molecule has 3 N–H and O–H groups in total. The Hall–Kier alpha value is -3.26. The monoisotopic (exact) mass is 503 g/mol. The molecule has 0 spiro atoms. The van der Waals surface area contributed by atoms with Gasteiger partial charge in [-0.2, -0.15) is 0 Å². The molecule has 0 fully saturated rings. The Kier molecular flexibility index (Phi) is 9.54. The van der Waals surface area contributed by atoms with Crippen LogP contribution in [0.1, 0.15) is 58.2 Å². The van der Waals surface area contributed by atoms with Gasteiger partial charge in [0.1, 0.15) is 23.9 Å². The molecule has 0 aliphatic rings. The van der Waals surface area contributed by atoms with Gasteiger partial charge in [0.25, 0.3) is 5.91 Å². The fraction of sp³-hybridized carbons (Fsp3) is 0.423. The second kappa shape index (κ2) is 11.9. The van der Waals surface area contributed by atoms with Crippen molar-refractivity contribution in [2.45, 2.75) is 65.6 Å². The lowest BCUT2D eigenvalue weighted by atomic mass is 10.0. The molecule has 0 saturated heterocycles. The molecule has 35 heavy (non-hydrogen) atoms. The second-order valence-corrected chi connectivity index (χ2v) is 9.74. The molecule has 8 nitrogen and oxygen atoms in total. The molecular weight excluding hydrogens is 470 g/mol. The van der Waals surface area contributed by atoms with Gasteiger partial charge in [-0.3, -0.25) is 9.59 Å². The molecule has 9 heteroatoms. The number of aryl methyl sites for hydroxylation is 1. The molecule has 0 aliphatic heterocycles. The van der Waals surface area contributed by atoms with E-state index in [0.717, 1.165) is 5.56 Å². The highest BCUT2D eigenvalue weighted by Crippen LogP contribution is 2.31. The van der Waals surface area contributed by atoms with Crippen LogP contribution in [0.2, 0.25) is 5.02 Å². The van der Waals surface area contributed by atoms with Crippen LogP contribution < -0.4 is 10.6 Å². The molecule has 0 bridgehead atoms. The van der Waals surface area contributed by atoms with Crippen LogP contribution in [0.15, 0.2) is 42.5 Å². The molecule has 0 radical (unpaired) electrons. The van der Waals surface area contributed by atoms with E-state index in [-0.39, 0.29) is 18.3 Å². The fourth-order valence-corrected chi connectivity index (χ4v) is 3.74. The Morgan fingerprint density at radius 3 is 2.29 bits per heavy atom. The number of nitrogens with zero attached hydrogens (tertiary/aromatic N) is 1. The highest BCUT2D eigenvalue weighted by atomic mass is 35.5. The van der Waals surface area contributed by atoms with E-state index in [4.69, 9.17) is 16.3 Å². The summed E-state index contributed by atoms with van der Waals surface area (Å²) >= 11 is 6.32. The minimum atomic E-state index is -1.05. The van der Waals surface area contributed by atoms with E-state index in [9.17, 15) is 19.5 Å². The maximum absolute atomic E-state index is 13.7. The number of para-hydroxylation sites is 1. The summed E-state index contributed by atoms with van der Waals surface area (Å²) in [4.78, 5) is 40.6. The Morgan fingerprint density at radius 1 is 1.11 bits per heavy atom. The van der Waals surface area contributed by atoms with Crippen molar-refractivity contribution in [3.63, 3.8) is 0 Å². The predicted molar refractivity (Wildman–Crippen MR) is 137 cm³/mol. The van der Waals surface area contributed by atoms with Gasteiger partial charge in [0, 0.05) is 6.04 Å². The highest BCUT2D eigenvalue weighted by Gasteiger charge is 2.35. The van der Waals surface area contributed by atoms with Gasteiger partial charge in [-0.25, -0.2) is 4.79 Å². The van der Waals surface area contributed by atoms with Crippen LogP contribution >= 0.6 is 11.6 Å². The van der Waals surface area contributed by atoms with Gasteiger partial charge in [0.05, 0.1) is 10.7 Å². The number of hydrogen-bond acceptors (Lipinski definition) is 5. The lowest BCUT2D eigenvalue weighted by molar-refractivity contribution is -0.140. The van der Waals surface area contributed by atoms with Crippen molar-refractivity contribution in [2.24, 2.45) is 0 Å². The minimum Gasteiger partial charge on any atom is -0.508 e. The van der Waals surface area contributed by atoms with Crippen LogP contribution in [0, 0.1) is 6.92 Å². The van der Waals surface area contributed by atoms with E-state index in [1.54, 1.807) is 45.0 Å². The summed E-state index contributed by atoms with van der Waals surface area (Å²) in [5.74, 6) is -0.907. The third kappa shape index (κ3) is 7.89. The number of rotatable bonds is 8. The van der Waals surface area contributed by atoms with Gasteiger partial charge >= 0.3 is 6.09 Å². The van der Waals surface area contributed by atoms with Gasteiger partial charge in [-0.1, -0.05) is 42.8 Å². The molecule has 0 aromatic heterocycles. The summed E-state index contributed by atoms with van der Waals surface area (Å²) in [5, 5.41) is 15.5. The van der Waals surface area contributed by atoms with Crippen molar-refractivity contribution < 1.29 is 24.2 Å². The predicted octanol–water partition coefficient (Wildman–Crippen LogP) is 5.19. The van der Waals surface area contributed by atoms with Gasteiger partial charge in [-0.05, 0) is 70.4 Å². The number of carbonyl (C=O) groups excluding carboxylic acids is 3. The molecule has 2 aromatic carbocycles. The zero-order chi connectivity index (χ0) is 26.3. The molecule has 2 unspecified atom stereocenters. The van der Waals surface area contributed by atoms with Crippen molar-refractivity contribution in [3.8, 4) is 5.75 Å². The quantitative estimate of drug-likeness (QED) is 0.459. The lowest BCUT2D eigenvalue weighted by Gasteiger charge is -2.36. The first kappa shape index (κ1) is 28.0. The fourth-order valence-electron chi connectivity index (χ4n) is 3.47. The largest absolute Gasteiger partial charge is 0.508 e. The first-order chi connectivity index (χ1) is 16.3. The van der Waals surface area contributed by atoms with Gasteiger partial charge in [0.15, 0.2) is 0 Å². The standard InChI is InChI=1S/C26H34ClN3O5/c1-7-17(3)30(21(32)15-28-25(34)35-26(4,5)6)23(18-11-13-19(31)14-12-18)24(33)29-22-16(2)9-8-10-20(22)27/h8-14,17,23,31H,7,15H2,1-6H3,(H,28,34)(H,29,33).